The van der Waals surface area contributed by atoms with Crippen molar-refractivity contribution in [3.63, 3.8) is 0 Å². The van der Waals surface area contributed by atoms with Crippen LogP contribution in [0.2, 0.25) is 0 Å². The minimum atomic E-state index is 0.605. The van der Waals surface area contributed by atoms with Crippen LogP contribution in [0.25, 0.3) is 0 Å². The molecule has 1 aromatic rings. The summed E-state index contributed by atoms with van der Waals surface area (Å²) in [4.78, 5) is 0. The number of rotatable bonds is 5. The maximum Gasteiger partial charge on any atom is 0.122 e. The van der Waals surface area contributed by atoms with Crippen LogP contribution in [-0.4, -0.2) is 13.2 Å². The number of hydrogen-bond acceptors (Lipinski definition) is 3. The second kappa shape index (κ2) is 5.56. The second-order valence-corrected chi connectivity index (χ2v) is 2.76. The normalized spacial score (nSPS) is 10.0. The molecule has 0 saturated heterocycles. The summed E-state index contributed by atoms with van der Waals surface area (Å²) in [6.45, 7) is 3.38. The standard InChI is InChI=1S/C10H16N2O/c1-2-9-5-3-4-6-10(9)13-8-7-12-11/h3-6,12H,2,7-8,11H2,1H3. The van der Waals surface area contributed by atoms with Crippen LogP contribution in [0.5, 0.6) is 5.75 Å². The monoisotopic (exact) mass is 180 g/mol. The predicted octanol–water partition coefficient (Wildman–Crippen LogP) is 1.09. The van der Waals surface area contributed by atoms with Gasteiger partial charge in [-0.25, -0.2) is 0 Å². The Bertz CT molecular complexity index is 250. The van der Waals surface area contributed by atoms with E-state index in [0.29, 0.717) is 13.2 Å². The van der Waals surface area contributed by atoms with E-state index in [4.69, 9.17) is 10.6 Å². The van der Waals surface area contributed by atoms with Gasteiger partial charge in [-0.3, -0.25) is 11.3 Å². The maximum atomic E-state index is 5.53. The fourth-order valence-electron chi connectivity index (χ4n) is 1.16. The molecule has 0 unspecified atom stereocenters. The molecule has 0 aliphatic carbocycles. The van der Waals surface area contributed by atoms with E-state index in [1.807, 2.05) is 18.2 Å². The highest BCUT2D eigenvalue weighted by Crippen LogP contribution is 2.17. The van der Waals surface area contributed by atoms with E-state index >= 15 is 0 Å². The van der Waals surface area contributed by atoms with Gasteiger partial charge in [0.1, 0.15) is 12.4 Å². The number of hydrogen-bond donors (Lipinski definition) is 2. The van der Waals surface area contributed by atoms with E-state index in [9.17, 15) is 0 Å². The zero-order valence-electron chi connectivity index (χ0n) is 7.92. The summed E-state index contributed by atoms with van der Waals surface area (Å²) >= 11 is 0. The Morgan fingerprint density at radius 1 is 1.38 bits per heavy atom. The van der Waals surface area contributed by atoms with E-state index in [0.717, 1.165) is 12.2 Å². The van der Waals surface area contributed by atoms with E-state index in [1.54, 1.807) is 0 Å². The Kier molecular flexibility index (Phi) is 4.29. The molecule has 72 valence electrons. The van der Waals surface area contributed by atoms with Crippen LogP contribution < -0.4 is 16.0 Å². The third-order valence-electron chi connectivity index (χ3n) is 1.86. The average Bonchev–Trinajstić information content (AvgIpc) is 2.19. The highest BCUT2D eigenvalue weighted by Gasteiger charge is 1.98. The summed E-state index contributed by atoms with van der Waals surface area (Å²) in [5.41, 5.74) is 3.79. The van der Waals surface area contributed by atoms with Crippen LogP contribution in [0.15, 0.2) is 24.3 Å². The first-order valence-electron chi connectivity index (χ1n) is 4.52. The lowest BCUT2D eigenvalue weighted by Gasteiger charge is -2.09. The number of para-hydroxylation sites is 1. The molecule has 1 aromatic carbocycles. The molecule has 0 bridgehead atoms. The van der Waals surface area contributed by atoms with Crippen molar-refractivity contribution in [2.24, 2.45) is 5.84 Å². The summed E-state index contributed by atoms with van der Waals surface area (Å²) in [6, 6.07) is 8.05. The minimum absolute atomic E-state index is 0.605. The van der Waals surface area contributed by atoms with Crippen molar-refractivity contribution in [2.45, 2.75) is 13.3 Å². The second-order valence-electron chi connectivity index (χ2n) is 2.76. The van der Waals surface area contributed by atoms with Gasteiger partial charge in [-0.05, 0) is 18.1 Å². The van der Waals surface area contributed by atoms with Crippen LogP contribution in [0.3, 0.4) is 0 Å². The van der Waals surface area contributed by atoms with Crippen LogP contribution in [-0.2, 0) is 6.42 Å². The summed E-state index contributed by atoms with van der Waals surface area (Å²) in [5.74, 6) is 6.09. The van der Waals surface area contributed by atoms with E-state index in [-0.39, 0.29) is 0 Å². The molecular weight excluding hydrogens is 164 g/mol. The van der Waals surface area contributed by atoms with Gasteiger partial charge in [-0.1, -0.05) is 25.1 Å². The van der Waals surface area contributed by atoms with Crippen LogP contribution in [0.4, 0.5) is 0 Å². The molecule has 1 rings (SSSR count). The summed E-state index contributed by atoms with van der Waals surface area (Å²) < 4.78 is 5.53. The van der Waals surface area contributed by atoms with Crippen LogP contribution in [0.1, 0.15) is 12.5 Å². The Morgan fingerprint density at radius 2 is 2.15 bits per heavy atom. The first kappa shape index (κ1) is 10.0. The molecule has 0 fully saturated rings. The molecule has 0 aromatic heterocycles. The predicted molar refractivity (Wildman–Crippen MR) is 53.5 cm³/mol. The molecule has 0 amide bonds. The molecular formula is C10H16N2O. The lowest BCUT2D eigenvalue weighted by atomic mass is 10.1. The van der Waals surface area contributed by atoms with E-state index in [2.05, 4.69) is 18.4 Å². The van der Waals surface area contributed by atoms with Gasteiger partial charge < -0.3 is 4.74 Å². The molecule has 0 atom stereocenters. The lowest BCUT2D eigenvalue weighted by molar-refractivity contribution is 0.312. The molecule has 0 heterocycles. The maximum absolute atomic E-state index is 5.53. The van der Waals surface area contributed by atoms with Crippen molar-refractivity contribution < 1.29 is 4.74 Å². The van der Waals surface area contributed by atoms with Gasteiger partial charge in [-0.15, -0.1) is 0 Å². The number of benzene rings is 1. The summed E-state index contributed by atoms with van der Waals surface area (Å²) in [6.07, 6.45) is 0.992. The third-order valence-corrected chi connectivity index (χ3v) is 1.86. The van der Waals surface area contributed by atoms with Crippen molar-refractivity contribution >= 4 is 0 Å². The van der Waals surface area contributed by atoms with E-state index in [1.165, 1.54) is 5.56 Å². The topological polar surface area (TPSA) is 47.3 Å². The first-order chi connectivity index (χ1) is 6.38. The molecule has 3 N–H and O–H groups in total. The van der Waals surface area contributed by atoms with Crippen molar-refractivity contribution in [2.75, 3.05) is 13.2 Å². The van der Waals surface area contributed by atoms with Gasteiger partial charge in [0.2, 0.25) is 0 Å². The fraction of sp³-hybridized carbons (Fsp3) is 0.400. The Labute approximate surface area is 78.9 Å². The number of nitrogens with two attached hydrogens (primary N) is 1. The van der Waals surface area contributed by atoms with Gasteiger partial charge in [0.25, 0.3) is 0 Å². The summed E-state index contributed by atoms with van der Waals surface area (Å²) in [7, 11) is 0. The molecule has 0 aliphatic rings. The Morgan fingerprint density at radius 3 is 2.85 bits per heavy atom. The quantitative estimate of drug-likeness (QED) is 0.405. The van der Waals surface area contributed by atoms with Gasteiger partial charge in [0, 0.05) is 6.54 Å². The largest absolute Gasteiger partial charge is 0.492 e. The number of aryl methyl sites for hydroxylation is 1. The third kappa shape index (κ3) is 3.05. The molecule has 3 heteroatoms. The van der Waals surface area contributed by atoms with Crippen LogP contribution >= 0.6 is 0 Å². The van der Waals surface area contributed by atoms with Gasteiger partial charge in [0.05, 0.1) is 0 Å². The zero-order chi connectivity index (χ0) is 9.52. The molecule has 3 nitrogen and oxygen atoms in total. The van der Waals surface area contributed by atoms with E-state index < -0.39 is 0 Å². The van der Waals surface area contributed by atoms with Crippen molar-refractivity contribution in [1.29, 1.82) is 0 Å². The molecule has 0 spiro atoms. The van der Waals surface area contributed by atoms with Gasteiger partial charge in [0.15, 0.2) is 0 Å². The fourth-order valence-corrected chi connectivity index (χ4v) is 1.16. The summed E-state index contributed by atoms with van der Waals surface area (Å²) in [5, 5.41) is 0. The van der Waals surface area contributed by atoms with Crippen LogP contribution in [0, 0.1) is 0 Å². The highest BCUT2D eigenvalue weighted by molar-refractivity contribution is 5.33. The van der Waals surface area contributed by atoms with Crippen molar-refractivity contribution in [3.05, 3.63) is 29.8 Å². The van der Waals surface area contributed by atoms with Crippen molar-refractivity contribution in [3.8, 4) is 5.75 Å². The smallest absolute Gasteiger partial charge is 0.122 e. The first-order valence-corrected chi connectivity index (χ1v) is 4.52. The number of ether oxygens (including phenoxy) is 1. The van der Waals surface area contributed by atoms with Gasteiger partial charge in [-0.2, -0.15) is 0 Å². The Hall–Kier alpha value is -1.06. The zero-order valence-corrected chi connectivity index (χ0v) is 7.92. The molecule has 0 aliphatic heterocycles. The Balaban J connectivity index is 2.54. The number of nitrogens with one attached hydrogen (secondary N) is 1. The van der Waals surface area contributed by atoms with Gasteiger partial charge >= 0.3 is 0 Å². The molecule has 13 heavy (non-hydrogen) atoms. The number of hydrazine groups is 1. The molecule has 0 radical (unpaired) electrons. The molecule has 0 saturated carbocycles. The SMILES string of the molecule is CCc1ccccc1OCCNN. The lowest BCUT2D eigenvalue weighted by Crippen LogP contribution is -2.27. The highest BCUT2D eigenvalue weighted by atomic mass is 16.5. The minimum Gasteiger partial charge on any atom is -0.492 e. The van der Waals surface area contributed by atoms with Crippen molar-refractivity contribution in [1.82, 2.24) is 5.43 Å². The average molecular weight is 180 g/mol.